The number of hydrogen-bond acceptors (Lipinski definition) is 4. The maximum absolute atomic E-state index is 12.8. The van der Waals surface area contributed by atoms with Gasteiger partial charge in [0.25, 0.3) is 0 Å². The van der Waals surface area contributed by atoms with E-state index < -0.39 is 0 Å². The molecule has 0 radical (unpaired) electrons. The van der Waals surface area contributed by atoms with Crippen LogP contribution in [-0.4, -0.2) is 55.1 Å². The van der Waals surface area contributed by atoms with E-state index in [0.29, 0.717) is 6.42 Å². The number of carbonyl (C=O) groups is 1. The minimum atomic E-state index is 0.161. The van der Waals surface area contributed by atoms with Gasteiger partial charge >= 0.3 is 0 Å². The second kappa shape index (κ2) is 11.0. The summed E-state index contributed by atoms with van der Waals surface area (Å²) in [7, 11) is 1.66. The first-order chi connectivity index (χ1) is 14.5. The van der Waals surface area contributed by atoms with E-state index in [1.54, 1.807) is 7.11 Å². The third-order valence-electron chi connectivity index (χ3n) is 5.46. The van der Waals surface area contributed by atoms with Crippen molar-refractivity contribution in [3.05, 3.63) is 59.7 Å². The Kier molecular flexibility index (Phi) is 8.14. The number of methoxy groups -OCH3 is 1. The molecule has 2 aromatic rings. The molecule has 1 fully saturated rings. The van der Waals surface area contributed by atoms with E-state index in [1.807, 2.05) is 41.3 Å². The number of rotatable bonds is 8. The molecule has 0 spiro atoms. The van der Waals surface area contributed by atoms with Crippen molar-refractivity contribution in [2.45, 2.75) is 45.8 Å². The smallest absolute Gasteiger partial charge is 0.222 e. The molecule has 162 valence electrons. The number of nitrogens with zero attached hydrogens (tertiary/aromatic N) is 2. The van der Waals surface area contributed by atoms with Gasteiger partial charge in [0, 0.05) is 44.7 Å². The number of benzene rings is 2. The Morgan fingerprint density at radius 2 is 1.77 bits per heavy atom. The highest BCUT2D eigenvalue weighted by Gasteiger charge is 2.20. The van der Waals surface area contributed by atoms with Gasteiger partial charge in [0.2, 0.25) is 5.91 Å². The number of ether oxygens (including phenoxy) is 2. The standard InChI is InChI=1S/C25H34N2O3/c1-20(2)30-24-8-5-4-7-22(24)19-26-15-6-16-27(18-17-26)25(28)14-11-21-9-12-23(29-3)13-10-21/h4-5,7-10,12-13,20H,6,11,14-19H2,1-3H3. The van der Waals surface area contributed by atoms with Gasteiger partial charge in [0.1, 0.15) is 11.5 Å². The summed E-state index contributed by atoms with van der Waals surface area (Å²) in [5, 5.41) is 0. The van der Waals surface area contributed by atoms with Crippen molar-refractivity contribution in [1.29, 1.82) is 0 Å². The monoisotopic (exact) mass is 410 g/mol. The van der Waals surface area contributed by atoms with E-state index in [4.69, 9.17) is 9.47 Å². The summed E-state index contributed by atoms with van der Waals surface area (Å²) in [6.07, 6.45) is 2.48. The summed E-state index contributed by atoms with van der Waals surface area (Å²) in [5.74, 6) is 2.05. The predicted molar refractivity (Wildman–Crippen MR) is 120 cm³/mol. The maximum atomic E-state index is 12.8. The largest absolute Gasteiger partial charge is 0.497 e. The van der Waals surface area contributed by atoms with Gasteiger partial charge in [-0.2, -0.15) is 0 Å². The highest BCUT2D eigenvalue weighted by molar-refractivity contribution is 5.76. The second-order valence-corrected chi connectivity index (χ2v) is 8.13. The lowest BCUT2D eigenvalue weighted by molar-refractivity contribution is -0.131. The molecule has 1 saturated heterocycles. The third kappa shape index (κ3) is 6.49. The van der Waals surface area contributed by atoms with Crippen LogP contribution < -0.4 is 9.47 Å². The van der Waals surface area contributed by atoms with Crippen LogP contribution in [0.5, 0.6) is 11.5 Å². The van der Waals surface area contributed by atoms with Crippen LogP contribution in [0.2, 0.25) is 0 Å². The first-order valence-electron chi connectivity index (χ1n) is 10.9. The fourth-order valence-electron chi connectivity index (χ4n) is 3.82. The Balaban J connectivity index is 1.50. The van der Waals surface area contributed by atoms with Crippen molar-refractivity contribution in [3.63, 3.8) is 0 Å². The molecule has 0 saturated carbocycles. The molecule has 30 heavy (non-hydrogen) atoms. The SMILES string of the molecule is COc1ccc(CCC(=O)N2CCCN(Cc3ccccc3OC(C)C)CC2)cc1. The van der Waals surface area contributed by atoms with Gasteiger partial charge < -0.3 is 14.4 Å². The van der Waals surface area contributed by atoms with Gasteiger partial charge in [0.05, 0.1) is 13.2 Å². The van der Waals surface area contributed by atoms with Crippen LogP contribution >= 0.6 is 0 Å². The first-order valence-corrected chi connectivity index (χ1v) is 10.9. The number of amides is 1. The van der Waals surface area contributed by atoms with Crippen molar-refractivity contribution in [2.75, 3.05) is 33.3 Å². The molecular formula is C25H34N2O3. The lowest BCUT2D eigenvalue weighted by atomic mass is 10.1. The molecule has 0 bridgehead atoms. The molecule has 0 aliphatic carbocycles. The van der Waals surface area contributed by atoms with E-state index in [0.717, 1.165) is 57.1 Å². The topological polar surface area (TPSA) is 42.0 Å². The molecule has 0 atom stereocenters. The molecular weight excluding hydrogens is 376 g/mol. The Bertz CT molecular complexity index is 804. The van der Waals surface area contributed by atoms with E-state index in [2.05, 4.69) is 30.9 Å². The molecule has 0 aromatic heterocycles. The highest BCUT2D eigenvalue weighted by Crippen LogP contribution is 2.22. The lowest BCUT2D eigenvalue weighted by Crippen LogP contribution is -2.35. The fraction of sp³-hybridized carbons (Fsp3) is 0.480. The van der Waals surface area contributed by atoms with Crippen LogP contribution in [0.1, 0.15) is 37.8 Å². The zero-order valence-corrected chi connectivity index (χ0v) is 18.5. The van der Waals surface area contributed by atoms with Crippen molar-refractivity contribution in [1.82, 2.24) is 9.80 Å². The summed E-state index contributed by atoms with van der Waals surface area (Å²) in [4.78, 5) is 17.2. The Morgan fingerprint density at radius 1 is 1.00 bits per heavy atom. The quantitative estimate of drug-likeness (QED) is 0.656. The average Bonchev–Trinajstić information content (AvgIpc) is 2.99. The summed E-state index contributed by atoms with van der Waals surface area (Å²) in [6.45, 7) is 8.48. The summed E-state index contributed by atoms with van der Waals surface area (Å²) in [5.41, 5.74) is 2.38. The maximum Gasteiger partial charge on any atom is 0.222 e. The van der Waals surface area contributed by atoms with Crippen LogP contribution in [0.15, 0.2) is 48.5 Å². The van der Waals surface area contributed by atoms with Gasteiger partial charge in [0.15, 0.2) is 0 Å². The van der Waals surface area contributed by atoms with Crippen LogP contribution in [0.25, 0.3) is 0 Å². The van der Waals surface area contributed by atoms with Crippen molar-refractivity contribution < 1.29 is 14.3 Å². The molecule has 1 aliphatic heterocycles. The normalized spacial score (nSPS) is 15.1. The molecule has 0 unspecified atom stereocenters. The van der Waals surface area contributed by atoms with Gasteiger partial charge in [-0.3, -0.25) is 9.69 Å². The summed E-state index contributed by atoms with van der Waals surface area (Å²) >= 11 is 0. The number of hydrogen-bond donors (Lipinski definition) is 0. The van der Waals surface area contributed by atoms with E-state index in [9.17, 15) is 4.79 Å². The predicted octanol–water partition coefficient (Wildman–Crippen LogP) is 4.15. The van der Waals surface area contributed by atoms with Crippen LogP contribution in [0, 0.1) is 0 Å². The average molecular weight is 411 g/mol. The zero-order chi connectivity index (χ0) is 21.3. The first kappa shape index (κ1) is 22.2. The Morgan fingerprint density at radius 3 is 2.50 bits per heavy atom. The van der Waals surface area contributed by atoms with Gasteiger partial charge in [-0.05, 0) is 50.5 Å². The highest BCUT2D eigenvalue weighted by atomic mass is 16.5. The van der Waals surface area contributed by atoms with Crippen molar-refractivity contribution in [2.24, 2.45) is 0 Å². The van der Waals surface area contributed by atoms with E-state index in [-0.39, 0.29) is 12.0 Å². The molecule has 1 amide bonds. The Hall–Kier alpha value is -2.53. The van der Waals surface area contributed by atoms with Gasteiger partial charge in [-0.25, -0.2) is 0 Å². The Labute approximate surface area is 180 Å². The zero-order valence-electron chi connectivity index (χ0n) is 18.5. The molecule has 5 nitrogen and oxygen atoms in total. The molecule has 0 N–H and O–H groups in total. The molecule has 5 heteroatoms. The van der Waals surface area contributed by atoms with E-state index in [1.165, 1.54) is 11.1 Å². The molecule has 3 rings (SSSR count). The van der Waals surface area contributed by atoms with Crippen LogP contribution in [-0.2, 0) is 17.8 Å². The van der Waals surface area contributed by atoms with Gasteiger partial charge in [-0.15, -0.1) is 0 Å². The fourth-order valence-corrected chi connectivity index (χ4v) is 3.82. The summed E-state index contributed by atoms with van der Waals surface area (Å²) < 4.78 is 11.2. The molecule has 1 heterocycles. The summed E-state index contributed by atoms with van der Waals surface area (Å²) in [6, 6.07) is 16.2. The second-order valence-electron chi connectivity index (χ2n) is 8.13. The number of para-hydroxylation sites is 1. The van der Waals surface area contributed by atoms with Crippen molar-refractivity contribution >= 4 is 5.91 Å². The lowest BCUT2D eigenvalue weighted by Gasteiger charge is -2.23. The molecule has 1 aliphatic rings. The minimum absolute atomic E-state index is 0.161. The third-order valence-corrected chi connectivity index (χ3v) is 5.46. The number of aryl methyl sites for hydroxylation is 1. The van der Waals surface area contributed by atoms with Crippen molar-refractivity contribution in [3.8, 4) is 11.5 Å². The number of carbonyl (C=O) groups excluding carboxylic acids is 1. The van der Waals surface area contributed by atoms with Gasteiger partial charge in [-0.1, -0.05) is 30.3 Å². The van der Waals surface area contributed by atoms with Crippen LogP contribution in [0.3, 0.4) is 0 Å². The van der Waals surface area contributed by atoms with Crippen LogP contribution in [0.4, 0.5) is 0 Å². The minimum Gasteiger partial charge on any atom is -0.497 e. The molecule has 2 aromatic carbocycles. The van der Waals surface area contributed by atoms with E-state index >= 15 is 0 Å².